The van der Waals surface area contributed by atoms with E-state index in [0.29, 0.717) is 0 Å². The van der Waals surface area contributed by atoms with Gasteiger partial charge in [-0.05, 0) is 45.4 Å². The number of nitrogens with zero attached hydrogens (tertiary/aromatic N) is 2. The van der Waals surface area contributed by atoms with E-state index in [4.69, 9.17) is 0 Å². The van der Waals surface area contributed by atoms with Crippen molar-refractivity contribution in [3.05, 3.63) is 20.2 Å². The fourth-order valence-electron chi connectivity index (χ4n) is 0.439. The fourth-order valence-corrected chi connectivity index (χ4v) is 1.13. The van der Waals surface area contributed by atoms with E-state index in [-0.39, 0.29) is 0 Å². The van der Waals surface area contributed by atoms with E-state index in [0.717, 1.165) is 14.0 Å². The van der Waals surface area contributed by atoms with Crippen LogP contribution >= 0.6 is 38.5 Å². The van der Waals surface area contributed by atoms with Gasteiger partial charge in [0.15, 0.2) is 0 Å². The molecule has 0 aliphatic carbocycles. The normalized spacial score (nSPS) is 9.67. The van der Waals surface area contributed by atoms with Crippen LogP contribution in [0.4, 0.5) is 0 Å². The van der Waals surface area contributed by atoms with Gasteiger partial charge in [-0.25, -0.2) is 9.97 Å². The summed E-state index contributed by atoms with van der Waals surface area (Å²) in [5, 5.41) is 0. The summed E-state index contributed by atoms with van der Waals surface area (Å²) in [6.07, 6.45) is 1.72. The van der Waals surface area contributed by atoms with E-state index < -0.39 is 0 Å². The van der Waals surface area contributed by atoms with Crippen molar-refractivity contribution in [2.75, 3.05) is 0 Å². The molecule has 0 unspecified atom stereocenters. The van der Waals surface area contributed by atoms with Gasteiger partial charge >= 0.3 is 0 Å². The molecule has 4 heteroatoms. The van der Waals surface area contributed by atoms with Gasteiger partial charge in [0.1, 0.15) is 8.30 Å². The van der Waals surface area contributed by atoms with Crippen LogP contribution in [0, 0.1) is 10.6 Å². The van der Waals surface area contributed by atoms with Gasteiger partial charge in [0, 0.05) is 0 Å². The molecule has 1 aromatic heterocycles. The van der Waals surface area contributed by atoms with Crippen LogP contribution < -0.4 is 0 Å². The third-order valence-electron chi connectivity index (χ3n) is 0.857. The van der Waals surface area contributed by atoms with Crippen molar-refractivity contribution in [3.8, 4) is 0 Å². The molecule has 0 aliphatic heterocycles. The van der Waals surface area contributed by atoms with Crippen molar-refractivity contribution in [2.45, 2.75) is 6.92 Å². The average Bonchev–Trinajstić information content (AvgIpc) is 1.80. The zero-order valence-electron chi connectivity index (χ0n) is 4.73. The Kier molecular flexibility index (Phi) is 2.40. The summed E-state index contributed by atoms with van der Waals surface area (Å²) >= 11 is 5.38. The van der Waals surface area contributed by atoms with Crippen LogP contribution in [0.5, 0.6) is 0 Å². The standard InChI is InChI=1S/C5H4BrIN2/c1-3-5(6)8-2-4(7)9-3/h2H,1H3. The van der Waals surface area contributed by atoms with Crippen LogP contribution in [0.25, 0.3) is 0 Å². The van der Waals surface area contributed by atoms with Crippen LogP contribution in [0.1, 0.15) is 5.69 Å². The number of aryl methyl sites for hydroxylation is 1. The molecule has 0 aromatic carbocycles. The molecule has 1 heterocycles. The number of halogens is 2. The van der Waals surface area contributed by atoms with Gasteiger partial charge in [0.2, 0.25) is 0 Å². The molecule has 0 spiro atoms. The summed E-state index contributed by atoms with van der Waals surface area (Å²) in [6.45, 7) is 1.92. The van der Waals surface area contributed by atoms with Crippen LogP contribution in [-0.2, 0) is 0 Å². The molecule has 48 valence electrons. The van der Waals surface area contributed by atoms with Crippen molar-refractivity contribution in [2.24, 2.45) is 0 Å². The minimum Gasteiger partial charge on any atom is -0.245 e. The van der Waals surface area contributed by atoms with Crippen LogP contribution in [0.15, 0.2) is 10.8 Å². The van der Waals surface area contributed by atoms with Gasteiger partial charge in [-0.15, -0.1) is 0 Å². The highest BCUT2D eigenvalue weighted by molar-refractivity contribution is 14.1. The molecule has 0 aliphatic rings. The lowest BCUT2D eigenvalue weighted by Crippen LogP contribution is -1.88. The minimum atomic E-state index is 0.822. The summed E-state index contributed by atoms with van der Waals surface area (Å²) in [4.78, 5) is 8.18. The Morgan fingerprint density at radius 1 is 1.67 bits per heavy atom. The highest BCUT2D eigenvalue weighted by atomic mass is 127. The number of aromatic nitrogens is 2. The van der Waals surface area contributed by atoms with Gasteiger partial charge in [-0.2, -0.15) is 0 Å². The molecule has 0 saturated carbocycles. The third kappa shape index (κ3) is 1.86. The molecular weight excluding hydrogens is 295 g/mol. The average molecular weight is 299 g/mol. The van der Waals surface area contributed by atoms with E-state index in [1.165, 1.54) is 0 Å². The van der Waals surface area contributed by atoms with Gasteiger partial charge in [-0.3, -0.25) is 0 Å². The molecule has 0 N–H and O–H groups in total. The summed E-state index contributed by atoms with van der Waals surface area (Å²) in [6, 6.07) is 0. The highest BCUT2D eigenvalue weighted by Crippen LogP contribution is 2.10. The molecule has 0 bridgehead atoms. The van der Waals surface area contributed by atoms with E-state index in [1.54, 1.807) is 6.20 Å². The maximum atomic E-state index is 4.15. The zero-order chi connectivity index (χ0) is 6.85. The van der Waals surface area contributed by atoms with Crippen LogP contribution in [-0.4, -0.2) is 9.97 Å². The Morgan fingerprint density at radius 3 is 2.78 bits per heavy atom. The molecule has 0 amide bonds. The van der Waals surface area contributed by atoms with Crippen molar-refractivity contribution in [1.82, 2.24) is 9.97 Å². The van der Waals surface area contributed by atoms with Gasteiger partial charge in [-0.1, -0.05) is 0 Å². The molecule has 9 heavy (non-hydrogen) atoms. The molecule has 1 aromatic rings. The minimum absolute atomic E-state index is 0.822. The Hall–Kier alpha value is 0.290. The lowest BCUT2D eigenvalue weighted by Gasteiger charge is -1.93. The summed E-state index contributed by atoms with van der Waals surface area (Å²) in [5.41, 5.74) is 0.932. The molecule has 0 saturated heterocycles. The fraction of sp³-hybridized carbons (Fsp3) is 0.200. The first kappa shape index (κ1) is 7.40. The maximum absolute atomic E-state index is 4.15. The predicted octanol–water partition coefficient (Wildman–Crippen LogP) is 2.15. The lowest BCUT2D eigenvalue weighted by atomic mass is 10.5. The van der Waals surface area contributed by atoms with E-state index in [2.05, 4.69) is 48.5 Å². The highest BCUT2D eigenvalue weighted by Gasteiger charge is 1.95. The number of hydrogen-bond acceptors (Lipinski definition) is 2. The number of rotatable bonds is 0. The summed E-state index contributed by atoms with van der Waals surface area (Å²) in [7, 11) is 0. The maximum Gasteiger partial charge on any atom is 0.127 e. The van der Waals surface area contributed by atoms with E-state index in [1.807, 2.05) is 6.92 Å². The zero-order valence-corrected chi connectivity index (χ0v) is 8.47. The molecule has 0 fully saturated rings. The largest absolute Gasteiger partial charge is 0.245 e. The SMILES string of the molecule is Cc1nc(I)cnc1Br. The van der Waals surface area contributed by atoms with Gasteiger partial charge in [0.25, 0.3) is 0 Å². The Balaban J connectivity index is 3.17. The molecule has 1 rings (SSSR count). The predicted molar refractivity (Wildman–Crippen MR) is 47.2 cm³/mol. The Labute approximate surface area is 75.4 Å². The van der Waals surface area contributed by atoms with E-state index >= 15 is 0 Å². The molecule has 0 radical (unpaired) electrons. The Bertz CT molecular complexity index is 226. The monoisotopic (exact) mass is 298 g/mol. The quantitative estimate of drug-likeness (QED) is 0.686. The second-order valence-electron chi connectivity index (χ2n) is 1.57. The summed E-state index contributed by atoms with van der Waals surface area (Å²) < 4.78 is 1.75. The smallest absolute Gasteiger partial charge is 0.127 e. The summed E-state index contributed by atoms with van der Waals surface area (Å²) in [5.74, 6) is 0. The third-order valence-corrected chi connectivity index (χ3v) is 2.16. The van der Waals surface area contributed by atoms with Gasteiger partial charge < -0.3 is 0 Å². The number of hydrogen-bond donors (Lipinski definition) is 0. The van der Waals surface area contributed by atoms with Crippen LogP contribution in [0.2, 0.25) is 0 Å². The van der Waals surface area contributed by atoms with Crippen molar-refractivity contribution in [1.29, 1.82) is 0 Å². The second kappa shape index (κ2) is 2.92. The molecule has 0 atom stereocenters. The van der Waals surface area contributed by atoms with Crippen molar-refractivity contribution < 1.29 is 0 Å². The topological polar surface area (TPSA) is 25.8 Å². The van der Waals surface area contributed by atoms with Crippen molar-refractivity contribution >= 4 is 38.5 Å². The first-order valence-electron chi connectivity index (χ1n) is 2.35. The lowest BCUT2D eigenvalue weighted by molar-refractivity contribution is 1.05. The second-order valence-corrected chi connectivity index (χ2v) is 3.43. The van der Waals surface area contributed by atoms with Gasteiger partial charge in [0.05, 0.1) is 11.9 Å². The van der Waals surface area contributed by atoms with Crippen molar-refractivity contribution in [3.63, 3.8) is 0 Å². The van der Waals surface area contributed by atoms with E-state index in [9.17, 15) is 0 Å². The first-order valence-corrected chi connectivity index (χ1v) is 4.22. The van der Waals surface area contributed by atoms with Crippen LogP contribution in [0.3, 0.4) is 0 Å². The first-order chi connectivity index (χ1) is 4.20. The molecular formula is C5H4BrIN2. The Morgan fingerprint density at radius 2 is 2.33 bits per heavy atom. The molecule has 2 nitrogen and oxygen atoms in total.